The molecule has 17 heavy (non-hydrogen) atoms. The Morgan fingerprint density at radius 2 is 2.12 bits per heavy atom. The van der Waals surface area contributed by atoms with Gasteiger partial charge in [0.15, 0.2) is 0 Å². The van der Waals surface area contributed by atoms with Gasteiger partial charge in [-0.15, -0.1) is 11.3 Å². The number of halogens is 1. The van der Waals surface area contributed by atoms with E-state index in [0.717, 1.165) is 20.2 Å². The fourth-order valence-corrected chi connectivity index (χ4v) is 2.72. The highest BCUT2D eigenvalue weighted by atomic mass is 79.9. The van der Waals surface area contributed by atoms with E-state index in [1.165, 1.54) is 0 Å². The Morgan fingerprint density at radius 3 is 2.71 bits per heavy atom. The maximum atomic E-state index is 5.75. The molecular weight excluding hydrogens is 298 g/mol. The largest absolute Gasteiger partial charge is 0.329 e. The molecule has 0 unspecified atom stereocenters. The van der Waals surface area contributed by atoms with Crippen LogP contribution in [0.1, 0.15) is 19.7 Å². The van der Waals surface area contributed by atoms with E-state index in [1.807, 2.05) is 12.1 Å². The van der Waals surface area contributed by atoms with Crippen LogP contribution in [0.2, 0.25) is 0 Å². The zero-order valence-corrected chi connectivity index (χ0v) is 12.2. The van der Waals surface area contributed by atoms with Crippen molar-refractivity contribution >= 4 is 27.3 Å². The zero-order valence-electron chi connectivity index (χ0n) is 9.77. The van der Waals surface area contributed by atoms with Crippen molar-refractivity contribution in [3.8, 4) is 10.6 Å². The smallest absolute Gasteiger partial charge is 0.135 e. The fourth-order valence-electron chi connectivity index (χ4n) is 1.37. The molecule has 0 aliphatic rings. The maximum Gasteiger partial charge on any atom is 0.135 e. The summed E-state index contributed by atoms with van der Waals surface area (Å²) in [4.78, 5) is 10.0. The Hall–Kier alpha value is -0.780. The molecule has 0 saturated carbocycles. The molecule has 5 heteroatoms. The number of hydrogen-bond acceptors (Lipinski definition) is 4. The minimum Gasteiger partial charge on any atom is -0.329 e. The van der Waals surface area contributed by atoms with Crippen LogP contribution in [0.4, 0.5) is 0 Å². The van der Waals surface area contributed by atoms with Gasteiger partial charge in [0.25, 0.3) is 0 Å². The van der Waals surface area contributed by atoms with E-state index in [2.05, 4.69) is 45.8 Å². The molecule has 2 N–H and O–H groups in total. The summed E-state index contributed by atoms with van der Waals surface area (Å²) in [5, 5.41) is 0. The molecule has 0 atom stereocenters. The highest BCUT2D eigenvalue weighted by Gasteiger charge is 2.22. The van der Waals surface area contributed by atoms with Crippen LogP contribution in [-0.4, -0.2) is 16.5 Å². The highest BCUT2D eigenvalue weighted by Crippen LogP contribution is 2.30. The van der Waals surface area contributed by atoms with Crippen LogP contribution >= 0.6 is 27.3 Å². The molecule has 0 amide bonds. The molecule has 0 fully saturated rings. The summed E-state index contributed by atoms with van der Waals surface area (Å²) in [7, 11) is 0. The van der Waals surface area contributed by atoms with Gasteiger partial charge in [-0.05, 0) is 34.1 Å². The van der Waals surface area contributed by atoms with Crippen LogP contribution in [0.3, 0.4) is 0 Å². The van der Waals surface area contributed by atoms with Crippen molar-refractivity contribution < 1.29 is 0 Å². The van der Waals surface area contributed by atoms with E-state index < -0.39 is 0 Å². The van der Waals surface area contributed by atoms with Crippen LogP contribution in [0.25, 0.3) is 10.6 Å². The molecule has 0 radical (unpaired) electrons. The fraction of sp³-hybridized carbons (Fsp3) is 0.333. The first kappa shape index (κ1) is 12.7. The molecule has 0 aromatic carbocycles. The molecule has 2 heterocycles. The van der Waals surface area contributed by atoms with E-state index in [1.54, 1.807) is 17.5 Å². The predicted octanol–water partition coefficient (Wildman–Crippen LogP) is 3.20. The van der Waals surface area contributed by atoms with Crippen molar-refractivity contribution in [1.29, 1.82) is 0 Å². The zero-order chi connectivity index (χ0) is 12.5. The molecule has 2 rings (SSSR count). The second kappa shape index (κ2) is 4.84. The van der Waals surface area contributed by atoms with Gasteiger partial charge in [-0.2, -0.15) is 0 Å². The lowest BCUT2D eigenvalue weighted by Crippen LogP contribution is -2.30. The van der Waals surface area contributed by atoms with Crippen molar-refractivity contribution in [3.63, 3.8) is 0 Å². The third-order valence-corrected chi connectivity index (χ3v) is 4.24. The normalized spacial score (nSPS) is 11.8. The second-order valence-electron chi connectivity index (χ2n) is 4.46. The summed E-state index contributed by atoms with van der Waals surface area (Å²) in [6.45, 7) is 4.64. The van der Waals surface area contributed by atoms with Gasteiger partial charge in [0.1, 0.15) is 5.82 Å². The molecule has 90 valence electrons. The highest BCUT2D eigenvalue weighted by molar-refractivity contribution is 9.11. The van der Waals surface area contributed by atoms with E-state index in [-0.39, 0.29) is 5.41 Å². The minimum absolute atomic E-state index is 0.190. The van der Waals surface area contributed by atoms with E-state index in [4.69, 9.17) is 5.73 Å². The Labute approximate surface area is 113 Å². The van der Waals surface area contributed by atoms with Crippen molar-refractivity contribution in [1.82, 2.24) is 9.97 Å². The quantitative estimate of drug-likeness (QED) is 0.947. The van der Waals surface area contributed by atoms with Crippen LogP contribution in [-0.2, 0) is 5.41 Å². The van der Waals surface area contributed by atoms with Gasteiger partial charge in [0.2, 0.25) is 0 Å². The summed E-state index contributed by atoms with van der Waals surface area (Å²) in [6.07, 6.45) is 1.79. The van der Waals surface area contributed by atoms with Crippen molar-refractivity contribution in [2.45, 2.75) is 19.3 Å². The number of aromatic nitrogens is 2. The monoisotopic (exact) mass is 311 g/mol. The predicted molar refractivity (Wildman–Crippen MR) is 75.1 cm³/mol. The number of thiophene rings is 1. The molecule has 0 saturated heterocycles. The Kier molecular flexibility index (Phi) is 3.61. The Bertz CT molecular complexity index is 522. The van der Waals surface area contributed by atoms with Gasteiger partial charge in [-0.3, -0.25) is 0 Å². The first-order valence-electron chi connectivity index (χ1n) is 5.32. The summed E-state index contributed by atoms with van der Waals surface area (Å²) >= 11 is 5.12. The molecule has 0 spiro atoms. The molecular formula is C12H14BrN3S. The standard InChI is InChI=1S/C12H14BrN3S/c1-12(2,7-14)11-15-6-5-8(16-11)9-3-4-10(13)17-9/h3-6H,7,14H2,1-2H3. The summed E-state index contributed by atoms with van der Waals surface area (Å²) in [5.74, 6) is 0.794. The first-order valence-corrected chi connectivity index (χ1v) is 6.93. The van der Waals surface area contributed by atoms with Crippen molar-refractivity contribution in [2.75, 3.05) is 6.54 Å². The molecule has 3 nitrogen and oxygen atoms in total. The summed E-state index contributed by atoms with van der Waals surface area (Å²) in [5.41, 5.74) is 6.51. The average Bonchev–Trinajstić information content (AvgIpc) is 2.76. The average molecular weight is 312 g/mol. The first-order chi connectivity index (χ1) is 8.03. The Balaban J connectivity index is 2.42. The van der Waals surface area contributed by atoms with E-state index in [9.17, 15) is 0 Å². The van der Waals surface area contributed by atoms with Gasteiger partial charge >= 0.3 is 0 Å². The number of nitrogens with two attached hydrogens (primary N) is 1. The van der Waals surface area contributed by atoms with Crippen LogP contribution in [0.5, 0.6) is 0 Å². The van der Waals surface area contributed by atoms with E-state index in [0.29, 0.717) is 6.54 Å². The lowest BCUT2D eigenvalue weighted by Gasteiger charge is -2.20. The number of hydrogen-bond donors (Lipinski definition) is 1. The SMILES string of the molecule is CC(C)(CN)c1nccc(-c2ccc(Br)s2)n1. The summed E-state index contributed by atoms with van der Waals surface area (Å²) in [6, 6.07) is 6.00. The number of rotatable bonds is 3. The summed E-state index contributed by atoms with van der Waals surface area (Å²) < 4.78 is 1.10. The van der Waals surface area contributed by atoms with Crippen LogP contribution in [0, 0.1) is 0 Å². The van der Waals surface area contributed by atoms with Gasteiger partial charge in [-0.1, -0.05) is 13.8 Å². The molecule has 2 aromatic rings. The topological polar surface area (TPSA) is 51.8 Å². The van der Waals surface area contributed by atoms with Gasteiger partial charge in [0.05, 0.1) is 14.4 Å². The third kappa shape index (κ3) is 2.73. The molecule has 2 aromatic heterocycles. The second-order valence-corrected chi connectivity index (χ2v) is 6.92. The van der Waals surface area contributed by atoms with Crippen LogP contribution < -0.4 is 5.73 Å². The molecule has 0 bridgehead atoms. The molecule has 0 aliphatic heterocycles. The maximum absolute atomic E-state index is 5.75. The minimum atomic E-state index is -0.190. The Morgan fingerprint density at radius 1 is 1.35 bits per heavy atom. The van der Waals surface area contributed by atoms with E-state index >= 15 is 0 Å². The van der Waals surface area contributed by atoms with Crippen LogP contribution in [0.15, 0.2) is 28.2 Å². The van der Waals surface area contributed by atoms with Gasteiger partial charge < -0.3 is 5.73 Å². The van der Waals surface area contributed by atoms with Crippen molar-refractivity contribution in [3.05, 3.63) is 34.0 Å². The van der Waals surface area contributed by atoms with Crippen molar-refractivity contribution in [2.24, 2.45) is 5.73 Å². The molecule has 0 aliphatic carbocycles. The third-order valence-electron chi connectivity index (χ3n) is 2.60. The number of nitrogens with zero attached hydrogens (tertiary/aromatic N) is 2. The van der Waals surface area contributed by atoms with Gasteiger partial charge in [-0.25, -0.2) is 9.97 Å². The lowest BCUT2D eigenvalue weighted by atomic mass is 9.92. The van der Waals surface area contributed by atoms with Gasteiger partial charge in [0, 0.05) is 18.2 Å². The lowest BCUT2D eigenvalue weighted by molar-refractivity contribution is 0.503.